The Bertz CT molecular complexity index is 681. The van der Waals surface area contributed by atoms with E-state index in [1.54, 1.807) is 18.2 Å². The fraction of sp³-hybridized carbons (Fsp3) is 0.143. The van der Waals surface area contributed by atoms with Crippen molar-refractivity contribution >= 4 is 33.6 Å². The molecule has 6 nitrogen and oxygen atoms in total. The zero-order chi connectivity index (χ0) is 15.4. The molecule has 1 heterocycles. The fourth-order valence-corrected chi connectivity index (χ4v) is 2.08. The van der Waals surface area contributed by atoms with Gasteiger partial charge in [0.25, 0.3) is 0 Å². The molecule has 0 spiro atoms. The van der Waals surface area contributed by atoms with E-state index in [1.807, 2.05) is 6.92 Å². The Morgan fingerprint density at radius 2 is 2.05 bits per heavy atom. The Morgan fingerprint density at radius 3 is 2.67 bits per heavy atom. The van der Waals surface area contributed by atoms with Crippen LogP contribution in [0, 0.1) is 6.92 Å². The van der Waals surface area contributed by atoms with E-state index in [9.17, 15) is 9.59 Å². The van der Waals surface area contributed by atoms with Gasteiger partial charge in [0.15, 0.2) is 0 Å². The number of carbonyl (C=O) groups is 2. The van der Waals surface area contributed by atoms with Gasteiger partial charge < -0.3 is 20.2 Å². The molecule has 1 aromatic heterocycles. The minimum Gasteiger partial charge on any atom is -0.478 e. The molecule has 0 atom stereocenters. The minimum atomic E-state index is -1.11. The van der Waals surface area contributed by atoms with Gasteiger partial charge in [0, 0.05) is 4.47 Å². The first-order valence-electron chi connectivity index (χ1n) is 6.08. The predicted octanol–water partition coefficient (Wildman–Crippen LogP) is 3.37. The molecule has 0 bridgehead atoms. The van der Waals surface area contributed by atoms with Gasteiger partial charge in [-0.1, -0.05) is 15.9 Å². The number of carboxylic acids is 1. The molecule has 21 heavy (non-hydrogen) atoms. The molecule has 0 radical (unpaired) electrons. The summed E-state index contributed by atoms with van der Waals surface area (Å²) in [5, 5.41) is 14.2. The highest BCUT2D eigenvalue weighted by Gasteiger charge is 2.13. The van der Waals surface area contributed by atoms with E-state index < -0.39 is 12.0 Å². The smallest absolute Gasteiger partial charge is 0.337 e. The summed E-state index contributed by atoms with van der Waals surface area (Å²) in [6.07, 6.45) is 0. The molecule has 0 aliphatic heterocycles. The molecule has 0 fully saturated rings. The third-order valence-corrected chi connectivity index (χ3v) is 3.17. The normalized spacial score (nSPS) is 10.2. The number of aryl methyl sites for hydroxylation is 1. The number of hydrogen-bond acceptors (Lipinski definition) is 3. The van der Waals surface area contributed by atoms with Gasteiger partial charge in [0.1, 0.15) is 11.5 Å². The van der Waals surface area contributed by atoms with Crippen molar-refractivity contribution in [2.24, 2.45) is 0 Å². The van der Waals surface area contributed by atoms with Crippen LogP contribution in [-0.4, -0.2) is 17.1 Å². The molecular formula is C14H13BrN2O4. The number of hydrogen-bond donors (Lipinski definition) is 3. The van der Waals surface area contributed by atoms with Crippen LogP contribution < -0.4 is 10.6 Å². The van der Waals surface area contributed by atoms with Crippen LogP contribution in [0.15, 0.2) is 39.2 Å². The maximum atomic E-state index is 11.8. The Labute approximate surface area is 129 Å². The Balaban J connectivity index is 2.02. The number of rotatable bonds is 4. The fourth-order valence-electron chi connectivity index (χ4n) is 1.72. The monoisotopic (exact) mass is 352 g/mol. The van der Waals surface area contributed by atoms with Crippen molar-refractivity contribution in [2.45, 2.75) is 13.5 Å². The summed E-state index contributed by atoms with van der Waals surface area (Å²) >= 11 is 3.23. The first-order chi connectivity index (χ1) is 9.95. The number of nitrogens with one attached hydrogen (secondary N) is 2. The van der Waals surface area contributed by atoms with Gasteiger partial charge in [-0.2, -0.15) is 0 Å². The zero-order valence-electron chi connectivity index (χ0n) is 11.1. The van der Waals surface area contributed by atoms with E-state index in [0.29, 0.717) is 10.2 Å². The lowest BCUT2D eigenvalue weighted by atomic mass is 10.2. The molecule has 3 N–H and O–H groups in total. The molecule has 0 saturated heterocycles. The second-order valence-corrected chi connectivity index (χ2v) is 5.23. The van der Waals surface area contributed by atoms with Gasteiger partial charge in [0.05, 0.1) is 17.8 Å². The average molecular weight is 353 g/mol. The number of carbonyl (C=O) groups excluding carboxylic acids is 1. The highest BCUT2D eigenvalue weighted by atomic mass is 79.9. The van der Waals surface area contributed by atoms with Crippen LogP contribution in [0.4, 0.5) is 10.5 Å². The van der Waals surface area contributed by atoms with Crippen LogP contribution in [0.25, 0.3) is 0 Å². The van der Waals surface area contributed by atoms with Crippen LogP contribution in [0.1, 0.15) is 21.9 Å². The molecule has 7 heteroatoms. The number of carboxylic acid groups (broad SMARTS) is 1. The molecule has 2 amide bonds. The summed E-state index contributed by atoms with van der Waals surface area (Å²) < 4.78 is 5.99. The summed E-state index contributed by atoms with van der Waals surface area (Å²) in [5.74, 6) is 0.266. The molecule has 0 unspecified atom stereocenters. The van der Waals surface area contributed by atoms with Crippen molar-refractivity contribution < 1.29 is 19.1 Å². The quantitative estimate of drug-likeness (QED) is 0.786. The number of furan rings is 1. The summed E-state index contributed by atoms with van der Waals surface area (Å²) in [5.41, 5.74) is 0.229. The van der Waals surface area contributed by atoms with E-state index in [0.717, 1.165) is 5.76 Å². The maximum absolute atomic E-state index is 11.8. The van der Waals surface area contributed by atoms with Gasteiger partial charge in [-0.05, 0) is 37.3 Å². The third kappa shape index (κ3) is 4.09. The predicted molar refractivity (Wildman–Crippen MR) is 80.4 cm³/mol. The topological polar surface area (TPSA) is 91.6 Å². The summed E-state index contributed by atoms with van der Waals surface area (Å²) in [6.45, 7) is 2.03. The first kappa shape index (κ1) is 15.1. The van der Waals surface area contributed by atoms with Crippen LogP contribution in [-0.2, 0) is 6.54 Å². The zero-order valence-corrected chi connectivity index (χ0v) is 12.7. The van der Waals surface area contributed by atoms with Gasteiger partial charge >= 0.3 is 12.0 Å². The summed E-state index contributed by atoms with van der Waals surface area (Å²) in [6, 6.07) is 7.59. The van der Waals surface area contributed by atoms with Crippen LogP contribution >= 0.6 is 15.9 Å². The Morgan fingerprint density at radius 1 is 1.29 bits per heavy atom. The van der Waals surface area contributed by atoms with E-state index in [-0.39, 0.29) is 17.8 Å². The minimum absolute atomic E-state index is 0.0159. The lowest BCUT2D eigenvalue weighted by molar-refractivity contribution is 0.0698. The number of anilines is 1. The number of halogens is 1. The molecule has 2 aromatic rings. The molecule has 0 saturated carbocycles. The average Bonchev–Trinajstić information content (AvgIpc) is 2.82. The van der Waals surface area contributed by atoms with Crippen molar-refractivity contribution in [3.63, 3.8) is 0 Å². The molecule has 2 rings (SSSR count). The second kappa shape index (κ2) is 6.45. The molecule has 1 aromatic carbocycles. The molecule has 0 aliphatic carbocycles. The molecular weight excluding hydrogens is 340 g/mol. The van der Waals surface area contributed by atoms with Gasteiger partial charge in [-0.25, -0.2) is 9.59 Å². The van der Waals surface area contributed by atoms with E-state index >= 15 is 0 Å². The first-order valence-corrected chi connectivity index (χ1v) is 6.88. The van der Waals surface area contributed by atoms with Gasteiger partial charge in [-0.3, -0.25) is 0 Å². The van der Waals surface area contributed by atoms with Crippen molar-refractivity contribution in [2.75, 3.05) is 5.32 Å². The third-order valence-electron chi connectivity index (χ3n) is 2.68. The number of benzene rings is 1. The van der Waals surface area contributed by atoms with Crippen molar-refractivity contribution in [1.82, 2.24) is 5.32 Å². The summed E-state index contributed by atoms with van der Waals surface area (Å²) in [4.78, 5) is 22.9. The van der Waals surface area contributed by atoms with Crippen molar-refractivity contribution in [1.29, 1.82) is 0 Å². The van der Waals surface area contributed by atoms with Crippen molar-refractivity contribution in [3.8, 4) is 0 Å². The molecule has 110 valence electrons. The Kier molecular flexibility index (Phi) is 4.64. The number of amides is 2. The Hall–Kier alpha value is -2.28. The second-order valence-electron chi connectivity index (χ2n) is 4.32. The van der Waals surface area contributed by atoms with E-state index in [1.165, 1.54) is 12.1 Å². The summed E-state index contributed by atoms with van der Waals surface area (Å²) in [7, 11) is 0. The largest absolute Gasteiger partial charge is 0.478 e. The highest BCUT2D eigenvalue weighted by molar-refractivity contribution is 9.10. The SMILES string of the molecule is Cc1ccc(CNC(=O)Nc2cc(Br)ccc2C(=O)O)o1. The van der Waals surface area contributed by atoms with Crippen LogP contribution in [0.3, 0.4) is 0 Å². The van der Waals surface area contributed by atoms with E-state index in [2.05, 4.69) is 26.6 Å². The maximum Gasteiger partial charge on any atom is 0.337 e. The standard InChI is InChI=1S/C14H13BrN2O4/c1-8-2-4-10(21-8)7-16-14(20)17-12-6-9(15)3-5-11(12)13(18)19/h2-6H,7H2,1H3,(H,18,19)(H2,16,17,20). The van der Waals surface area contributed by atoms with E-state index in [4.69, 9.17) is 9.52 Å². The van der Waals surface area contributed by atoms with Gasteiger partial charge in [-0.15, -0.1) is 0 Å². The van der Waals surface area contributed by atoms with Crippen molar-refractivity contribution in [3.05, 3.63) is 51.9 Å². The highest BCUT2D eigenvalue weighted by Crippen LogP contribution is 2.21. The lowest BCUT2D eigenvalue weighted by Gasteiger charge is -2.09. The van der Waals surface area contributed by atoms with Crippen LogP contribution in [0.5, 0.6) is 0 Å². The number of urea groups is 1. The lowest BCUT2D eigenvalue weighted by Crippen LogP contribution is -2.28. The molecule has 0 aliphatic rings. The van der Waals surface area contributed by atoms with Crippen LogP contribution in [0.2, 0.25) is 0 Å². The van der Waals surface area contributed by atoms with Gasteiger partial charge in [0.2, 0.25) is 0 Å². The number of aromatic carboxylic acids is 1.